The Labute approximate surface area is 131 Å². The molecular weight excluding hydrogens is 368 g/mol. The van der Waals surface area contributed by atoms with Gasteiger partial charge in [0.15, 0.2) is 0 Å². The molecule has 0 aromatic heterocycles. The fourth-order valence-electron chi connectivity index (χ4n) is 2.09. The van der Waals surface area contributed by atoms with Crippen LogP contribution in [0.4, 0.5) is 0 Å². The molecule has 3 heteroatoms. The molecule has 0 saturated heterocycles. The van der Waals surface area contributed by atoms with E-state index < -0.39 is 0 Å². The molecule has 0 spiro atoms. The third kappa shape index (κ3) is 3.40. The van der Waals surface area contributed by atoms with Crippen molar-refractivity contribution < 1.29 is 4.74 Å². The molecule has 0 bridgehead atoms. The van der Waals surface area contributed by atoms with Crippen LogP contribution in [0.2, 0.25) is 0 Å². The molecule has 1 nitrogen and oxygen atoms in total. The number of para-hydroxylation sites is 1. The average Bonchev–Trinajstić information content (AvgIpc) is 2.42. The van der Waals surface area contributed by atoms with Crippen molar-refractivity contribution >= 4 is 31.9 Å². The van der Waals surface area contributed by atoms with Gasteiger partial charge in [0.2, 0.25) is 0 Å². The lowest BCUT2D eigenvalue weighted by molar-refractivity contribution is 0.409. The van der Waals surface area contributed by atoms with Gasteiger partial charge in [0.05, 0.1) is 7.11 Å². The molecule has 0 amide bonds. The molecule has 1 atom stereocenters. The van der Waals surface area contributed by atoms with Gasteiger partial charge in [-0.15, -0.1) is 0 Å². The van der Waals surface area contributed by atoms with E-state index in [1.54, 1.807) is 7.11 Å². The van der Waals surface area contributed by atoms with Crippen molar-refractivity contribution in [2.24, 2.45) is 0 Å². The third-order valence-electron chi connectivity index (χ3n) is 3.15. The summed E-state index contributed by atoms with van der Waals surface area (Å²) >= 11 is 7.45. The smallest absolute Gasteiger partial charge is 0.122 e. The molecule has 0 heterocycles. The zero-order valence-corrected chi connectivity index (χ0v) is 14.2. The van der Waals surface area contributed by atoms with Gasteiger partial charge in [0.25, 0.3) is 0 Å². The Morgan fingerprint density at radius 3 is 2.58 bits per heavy atom. The predicted octanol–water partition coefficient (Wildman–Crippen LogP) is 5.44. The van der Waals surface area contributed by atoms with Crippen LogP contribution in [-0.4, -0.2) is 7.11 Å². The second kappa shape index (κ2) is 6.58. The van der Waals surface area contributed by atoms with E-state index in [-0.39, 0.29) is 4.83 Å². The Kier molecular flexibility index (Phi) is 5.06. The summed E-state index contributed by atoms with van der Waals surface area (Å²) in [4.78, 5) is 0.262. The van der Waals surface area contributed by atoms with Gasteiger partial charge in [-0.3, -0.25) is 0 Å². The predicted molar refractivity (Wildman–Crippen MR) is 87.2 cm³/mol. The number of aryl methyl sites for hydroxylation is 1. The summed E-state index contributed by atoms with van der Waals surface area (Å²) in [5.74, 6) is 0.940. The van der Waals surface area contributed by atoms with Crippen LogP contribution in [0, 0.1) is 6.92 Å². The highest BCUT2D eigenvalue weighted by atomic mass is 79.9. The second-order valence-electron chi connectivity index (χ2n) is 4.46. The van der Waals surface area contributed by atoms with Gasteiger partial charge >= 0.3 is 0 Å². The molecule has 1 unspecified atom stereocenters. The molecule has 0 saturated carbocycles. The van der Waals surface area contributed by atoms with Crippen molar-refractivity contribution in [1.82, 2.24) is 0 Å². The van der Waals surface area contributed by atoms with E-state index in [4.69, 9.17) is 4.74 Å². The maximum absolute atomic E-state index is 5.40. The topological polar surface area (TPSA) is 9.23 Å². The maximum atomic E-state index is 5.40. The summed E-state index contributed by atoms with van der Waals surface area (Å²) in [6, 6.07) is 14.5. The summed E-state index contributed by atoms with van der Waals surface area (Å²) < 4.78 is 6.58. The molecule has 0 radical (unpaired) electrons. The molecular formula is C16H16Br2O. The first kappa shape index (κ1) is 14.6. The lowest BCUT2D eigenvalue weighted by Gasteiger charge is -2.15. The minimum atomic E-state index is 0.262. The van der Waals surface area contributed by atoms with Crippen LogP contribution in [0.5, 0.6) is 5.75 Å². The Hall–Kier alpha value is -0.800. The van der Waals surface area contributed by atoms with E-state index in [0.717, 1.165) is 12.2 Å². The molecule has 2 aromatic carbocycles. The Bertz CT molecular complexity index is 566. The van der Waals surface area contributed by atoms with E-state index in [1.807, 2.05) is 18.2 Å². The summed E-state index contributed by atoms with van der Waals surface area (Å²) in [6.07, 6.45) is 0.895. The zero-order valence-electron chi connectivity index (χ0n) is 11.0. The lowest BCUT2D eigenvalue weighted by atomic mass is 10.0. The molecule has 19 heavy (non-hydrogen) atoms. The monoisotopic (exact) mass is 382 g/mol. The molecule has 0 N–H and O–H groups in total. The standard InChI is InChI=1S/C16H16Br2O/c1-11-6-5-8-13(16(11)18)14(17)10-12-7-3-4-9-15(12)19-2/h3-9,14H,10H2,1-2H3. The zero-order chi connectivity index (χ0) is 13.8. The van der Waals surface area contributed by atoms with Crippen LogP contribution < -0.4 is 4.74 Å². The van der Waals surface area contributed by atoms with Gasteiger partial charge in [-0.2, -0.15) is 0 Å². The van der Waals surface area contributed by atoms with Crippen LogP contribution in [0.25, 0.3) is 0 Å². The van der Waals surface area contributed by atoms with Gasteiger partial charge in [0, 0.05) is 9.30 Å². The first-order valence-corrected chi connectivity index (χ1v) is 7.85. The average molecular weight is 384 g/mol. The van der Waals surface area contributed by atoms with Gasteiger partial charge < -0.3 is 4.74 Å². The minimum absolute atomic E-state index is 0.262. The van der Waals surface area contributed by atoms with Crippen LogP contribution in [0.15, 0.2) is 46.9 Å². The molecule has 0 aliphatic rings. The van der Waals surface area contributed by atoms with Crippen LogP contribution in [0.1, 0.15) is 21.5 Å². The van der Waals surface area contributed by atoms with Crippen LogP contribution >= 0.6 is 31.9 Å². The Morgan fingerprint density at radius 1 is 1.11 bits per heavy atom. The highest BCUT2D eigenvalue weighted by Crippen LogP contribution is 2.35. The number of ether oxygens (including phenoxy) is 1. The summed E-state index contributed by atoms with van der Waals surface area (Å²) in [5, 5.41) is 0. The van der Waals surface area contributed by atoms with Gasteiger partial charge in [0.1, 0.15) is 5.75 Å². The third-order valence-corrected chi connectivity index (χ3v) is 5.05. The first-order valence-electron chi connectivity index (χ1n) is 6.14. The van der Waals surface area contributed by atoms with Crippen molar-refractivity contribution in [3.8, 4) is 5.75 Å². The first-order chi connectivity index (χ1) is 9.13. The fraction of sp³-hybridized carbons (Fsp3) is 0.250. The number of alkyl halides is 1. The number of hydrogen-bond donors (Lipinski definition) is 0. The van der Waals surface area contributed by atoms with Crippen molar-refractivity contribution in [2.75, 3.05) is 7.11 Å². The Morgan fingerprint density at radius 2 is 1.84 bits per heavy atom. The number of hydrogen-bond acceptors (Lipinski definition) is 1. The fourth-order valence-corrected chi connectivity index (χ4v) is 3.66. The largest absolute Gasteiger partial charge is 0.496 e. The second-order valence-corrected chi connectivity index (χ2v) is 6.36. The van der Waals surface area contributed by atoms with E-state index >= 15 is 0 Å². The van der Waals surface area contributed by atoms with Gasteiger partial charge in [-0.1, -0.05) is 68.3 Å². The normalized spacial score (nSPS) is 12.2. The molecule has 2 rings (SSSR count). The lowest BCUT2D eigenvalue weighted by Crippen LogP contribution is -1.99. The molecule has 100 valence electrons. The van der Waals surface area contributed by atoms with Crippen molar-refractivity contribution in [2.45, 2.75) is 18.2 Å². The van der Waals surface area contributed by atoms with E-state index in [2.05, 4.69) is 63.0 Å². The highest BCUT2D eigenvalue weighted by Gasteiger charge is 2.14. The van der Waals surface area contributed by atoms with Crippen molar-refractivity contribution in [3.05, 3.63) is 63.6 Å². The minimum Gasteiger partial charge on any atom is -0.496 e. The van der Waals surface area contributed by atoms with Crippen LogP contribution in [-0.2, 0) is 6.42 Å². The number of benzene rings is 2. The van der Waals surface area contributed by atoms with Crippen molar-refractivity contribution in [1.29, 1.82) is 0 Å². The summed E-state index contributed by atoms with van der Waals surface area (Å²) in [6.45, 7) is 2.11. The van der Waals surface area contributed by atoms with E-state index in [0.29, 0.717) is 0 Å². The number of halogens is 2. The van der Waals surface area contributed by atoms with Gasteiger partial charge in [-0.25, -0.2) is 0 Å². The van der Waals surface area contributed by atoms with E-state index in [1.165, 1.54) is 21.2 Å². The highest BCUT2D eigenvalue weighted by molar-refractivity contribution is 9.11. The van der Waals surface area contributed by atoms with E-state index in [9.17, 15) is 0 Å². The summed E-state index contributed by atoms with van der Waals surface area (Å²) in [5.41, 5.74) is 3.73. The molecule has 0 fully saturated rings. The SMILES string of the molecule is COc1ccccc1CC(Br)c1cccc(C)c1Br. The van der Waals surface area contributed by atoms with Gasteiger partial charge in [-0.05, 0) is 36.1 Å². The molecule has 0 aliphatic heterocycles. The quantitative estimate of drug-likeness (QED) is 0.638. The number of rotatable bonds is 4. The summed E-state index contributed by atoms with van der Waals surface area (Å²) in [7, 11) is 1.71. The number of methoxy groups -OCH3 is 1. The molecule has 0 aliphatic carbocycles. The molecule has 2 aromatic rings. The Balaban J connectivity index is 2.26. The maximum Gasteiger partial charge on any atom is 0.122 e. The van der Waals surface area contributed by atoms with Crippen LogP contribution in [0.3, 0.4) is 0 Å². The van der Waals surface area contributed by atoms with Crippen molar-refractivity contribution in [3.63, 3.8) is 0 Å².